The maximum Gasteiger partial charge on any atom is 0.319 e. The molecule has 1 heterocycles. The number of benzene rings is 1. The van der Waals surface area contributed by atoms with Crippen LogP contribution in [0.2, 0.25) is 0 Å². The lowest BCUT2D eigenvalue weighted by molar-refractivity contribution is 0.252. The van der Waals surface area contributed by atoms with Crippen LogP contribution in [0.3, 0.4) is 0 Å². The molecule has 2 aromatic rings. The zero-order valence-electron chi connectivity index (χ0n) is 13.4. The molecule has 2 N–H and O–H groups in total. The van der Waals surface area contributed by atoms with E-state index in [9.17, 15) is 13.2 Å². The van der Waals surface area contributed by atoms with Gasteiger partial charge in [-0.2, -0.15) is 0 Å². The molecular weight excluding hydrogens is 318 g/mol. The minimum Gasteiger partial charge on any atom is -0.337 e. The van der Waals surface area contributed by atoms with Crippen molar-refractivity contribution in [3.8, 4) is 0 Å². The Hall–Kier alpha value is -2.16. The smallest absolute Gasteiger partial charge is 0.319 e. The van der Waals surface area contributed by atoms with Crippen LogP contribution in [0.4, 0.5) is 10.5 Å². The molecule has 0 saturated heterocycles. The minimum absolute atomic E-state index is 0.0677. The van der Waals surface area contributed by atoms with Crippen LogP contribution in [0, 0.1) is 5.92 Å². The Morgan fingerprint density at radius 2 is 2.09 bits per heavy atom. The molecule has 2 amide bonds. The van der Waals surface area contributed by atoms with E-state index in [2.05, 4.69) is 20.9 Å². The van der Waals surface area contributed by atoms with E-state index in [1.165, 1.54) is 0 Å². The Morgan fingerprint density at radius 3 is 2.78 bits per heavy atom. The predicted molar refractivity (Wildman–Crippen MR) is 89.0 cm³/mol. The van der Waals surface area contributed by atoms with Gasteiger partial charge in [0, 0.05) is 19.3 Å². The Bertz CT molecular complexity index is 798. The van der Waals surface area contributed by atoms with Crippen LogP contribution >= 0.6 is 0 Å². The number of nitrogens with one attached hydrogen (secondary N) is 2. The van der Waals surface area contributed by atoms with Crippen molar-refractivity contribution in [1.29, 1.82) is 0 Å². The van der Waals surface area contributed by atoms with E-state index < -0.39 is 15.9 Å². The molecule has 126 valence electrons. The molecule has 0 spiro atoms. The van der Waals surface area contributed by atoms with Crippen molar-refractivity contribution in [2.24, 2.45) is 13.0 Å². The van der Waals surface area contributed by atoms with Crippen LogP contribution in [0.5, 0.6) is 0 Å². The van der Waals surface area contributed by atoms with E-state index in [1.54, 1.807) is 29.9 Å². The van der Waals surface area contributed by atoms with E-state index in [0.29, 0.717) is 11.2 Å². The second kappa shape index (κ2) is 6.95. The van der Waals surface area contributed by atoms with Gasteiger partial charge in [0.15, 0.2) is 9.84 Å². The number of fused-ring (bicyclic) bond motifs is 1. The number of aryl methyl sites for hydroxylation is 1. The number of amides is 2. The van der Waals surface area contributed by atoms with Gasteiger partial charge in [-0.15, -0.1) is 5.10 Å². The number of sulfone groups is 1. The fourth-order valence-corrected chi connectivity index (χ4v) is 3.80. The lowest BCUT2D eigenvalue weighted by atomic mass is 10.3. The molecule has 0 unspecified atom stereocenters. The van der Waals surface area contributed by atoms with Gasteiger partial charge in [0.2, 0.25) is 0 Å². The maximum absolute atomic E-state index is 11.8. The lowest BCUT2D eigenvalue weighted by Crippen LogP contribution is -2.33. The number of nitrogens with zero attached hydrogens (tertiary/aromatic N) is 3. The number of anilines is 1. The van der Waals surface area contributed by atoms with Crippen molar-refractivity contribution in [1.82, 2.24) is 20.3 Å². The van der Waals surface area contributed by atoms with Crippen LogP contribution < -0.4 is 10.6 Å². The van der Waals surface area contributed by atoms with Crippen molar-refractivity contribution in [3.05, 3.63) is 18.2 Å². The normalized spacial score (nSPS) is 11.8. The largest absolute Gasteiger partial charge is 0.337 e. The topological polar surface area (TPSA) is 106 Å². The number of rotatable bonds is 6. The molecular formula is C14H21N5O3S. The van der Waals surface area contributed by atoms with E-state index in [1.807, 2.05) is 13.8 Å². The van der Waals surface area contributed by atoms with Crippen LogP contribution in [-0.2, 0) is 16.9 Å². The Kier molecular flexibility index (Phi) is 5.19. The summed E-state index contributed by atoms with van der Waals surface area (Å²) in [5.74, 6) is 0.133. The molecule has 2 rings (SSSR count). The highest BCUT2D eigenvalue weighted by molar-refractivity contribution is 7.91. The van der Waals surface area contributed by atoms with Crippen molar-refractivity contribution in [3.63, 3.8) is 0 Å². The minimum atomic E-state index is -3.14. The number of hydrogen-bond donors (Lipinski definition) is 2. The second-order valence-corrected chi connectivity index (χ2v) is 8.03. The fraction of sp³-hybridized carbons (Fsp3) is 0.500. The molecule has 0 radical (unpaired) electrons. The summed E-state index contributed by atoms with van der Waals surface area (Å²) in [6.45, 7) is 3.77. The molecule has 0 aliphatic heterocycles. The molecule has 0 aliphatic carbocycles. The highest BCUT2D eigenvalue weighted by Gasteiger charge is 2.13. The van der Waals surface area contributed by atoms with Gasteiger partial charge in [-0.05, 0) is 24.1 Å². The summed E-state index contributed by atoms with van der Waals surface area (Å²) in [6, 6.07) is 4.80. The molecule has 0 bridgehead atoms. The third-order valence-corrected chi connectivity index (χ3v) is 5.16. The van der Waals surface area contributed by atoms with Gasteiger partial charge in [0.05, 0.1) is 17.0 Å². The van der Waals surface area contributed by atoms with E-state index in [0.717, 1.165) is 5.52 Å². The Labute approximate surface area is 135 Å². The standard InChI is InChI=1S/C14H21N5O3S/c1-10(2)9-23(21,22)7-6-15-14(20)16-11-4-5-13-12(8-11)17-18-19(13)3/h4-5,8,10H,6-7,9H2,1-3H3,(H2,15,16,20). The van der Waals surface area contributed by atoms with E-state index >= 15 is 0 Å². The average Bonchev–Trinajstić information content (AvgIpc) is 2.78. The molecule has 0 atom stereocenters. The van der Waals surface area contributed by atoms with Crippen LogP contribution in [-0.4, -0.2) is 47.5 Å². The number of hydrogen-bond acceptors (Lipinski definition) is 5. The monoisotopic (exact) mass is 339 g/mol. The van der Waals surface area contributed by atoms with E-state index in [-0.39, 0.29) is 24.0 Å². The summed E-state index contributed by atoms with van der Waals surface area (Å²) >= 11 is 0. The first-order valence-corrected chi connectivity index (χ1v) is 9.14. The molecule has 0 saturated carbocycles. The molecule has 0 fully saturated rings. The summed E-state index contributed by atoms with van der Waals surface area (Å²) < 4.78 is 25.1. The van der Waals surface area contributed by atoms with Gasteiger partial charge in [-0.25, -0.2) is 17.9 Å². The summed E-state index contributed by atoms with van der Waals surface area (Å²) in [5.41, 5.74) is 2.10. The van der Waals surface area contributed by atoms with Gasteiger partial charge >= 0.3 is 6.03 Å². The van der Waals surface area contributed by atoms with Crippen molar-refractivity contribution in [2.45, 2.75) is 13.8 Å². The third kappa shape index (κ3) is 4.92. The lowest BCUT2D eigenvalue weighted by Gasteiger charge is -2.09. The number of urea groups is 1. The maximum atomic E-state index is 11.8. The molecule has 9 heteroatoms. The number of carbonyl (C=O) groups excluding carboxylic acids is 1. The first-order valence-electron chi connectivity index (χ1n) is 7.31. The van der Waals surface area contributed by atoms with E-state index in [4.69, 9.17) is 0 Å². The molecule has 0 aliphatic rings. The van der Waals surface area contributed by atoms with Crippen molar-refractivity contribution >= 4 is 32.6 Å². The Balaban J connectivity index is 1.86. The van der Waals surface area contributed by atoms with Gasteiger partial charge in [-0.3, -0.25) is 0 Å². The molecule has 1 aromatic heterocycles. The summed E-state index contributed by atoms with van der Waals surface area (Å²) in [7, 11) is -1.35. The highest BCUT2D eigenvalue weighted by Crippen LogP contribution is 2.16. The van der Waals surface area contributed by atoms with Crippen molar-refractivity contribution in [2.75, 3.05) is 23.4 Å². The van der Waals surface area contributed by atoms with Crippen LogP contribution in [0.25, 0.3) is 11.0 Å². The van der Waals surface area contributed by atoms with Gasteiger partial charge in [0.1, 0.15) is 5.52 Å². The van der Waals surface area contributed by atoms with Gasteiger partial charge in [0.25, 0.3) is 0 Å². The SMILES string of the molecule is CC(C)CS(=O)(=O)CCNC(=O)Nc1ccc2c(c1)nnn2C. The predicted octanol–water partition coefficient (Wildman–Crippen LogP) is 1.16. The van der Waals surface area contributed by atoms with Crippen LogP contribution in [0.1, 0.15) is 13.8 Å². The van der Waals surface area contributed by atoms with Crippen molar-refractivity contribution < 1.29 is 13.2 Å². The quantitative estimate of drug-likeness (QED) is 0.821. The summed E-state index contributed by atoms with van der Waals surface area (Å²) in [5, 5.41) is 13.0. The summed E-state index contributed by atoms with van der Waals surface area (Å²) in [6.07, 6.45) is 0. The van der Waals surface area contributed by atoms with Crippen LogP contribution in [0.15, 0.2) is 18.2 Å². The number of carbonyl (C=O) groups is 1. The fourth-order valence-electron chi connectivity index (χ4n) is 2.20. The third-order valence-electron chi connectivity index (χ3n) is 3.15. The first kappa shape index (κ1) is 17.2. The first-order chi connectivity index (χ1) is 10.8. The molecule has 23 heavy (non-hydrogen) atoms. The molecule has 8 nitrogen and oxygen atoms in total. The average molecular weight is 339 g/mol. The Morgan fingerprint density at radius 1 is 1.35 bits per heavy atom. The number of aromatic nitrogens is 3. The second-order valence-electron chi connectivity index (χ2n) is 5.81. The molecule has 1 aromatic carbocycles. The zero-order chi connectivity index (χ0) is 17.0. The zero-order valence-corrected chi connectivity index (χ0v) is 14.2. The van der Waals surface area contributed by atoms with Gasteiger partial charge in [-0.1, -0.05) is 19.1 Å². The summed E-state index contributed by atoms with van der Waals surface area (Å²) in [4.78, 5) is 11.8. The van der Waals surface area contributed by atoms with Gasteiger partial charge < -0.3 is 10.6 Å². The highest BCUT2D eigenvalue weighted by atomic mass is 32.2.